The second-order valence-corrected chi connectivity index (χ2v) is 5.67. The third-order valence-corrected chi connectivity index (χ3v) is 3.06. The first-order valence-electron chi connectivity index (χ1n) is 6.30. The molecule has 1 rings (SSSR count). The van der Waals surface area contributed by atoms with E-state index in [0.717, 1.165) is 13.0 Å². The highest BCUT2D eigenvalue weighted by Gasteiger charge is 2.12. The van der Waals surface area contributed by atoms with Crippen LogP contribution in [0.1, 0.15) is 34.1 Å². The highest BCUT2D eigenvalue weighted by molar-refractivity contribution is 6.37. The largest absolute Gasteiger partial charge is 0.369 e. The van der Waals surface area contributed by atoms with E-state index in [4.69, 9.17) is 23.2 Å². The van der Waals surface area contributed by atoms with Crippen LogP contribution < -0.4 is 10.6 Å². The first-order valence-corrected chi connectivity index (χ1v) is 7.06. The number of nitrogens with zero attached hydrogens (tertiary/aromatic N) is 1. The first kappa shape index (κ1) is 15.4. The van der Waals surface area contributed by atoms with Crippen molar-refractivity contribution in [2.24, 2.45) is 5.92 Å². The summed E-state index contributed by atoms with van der Waals surface area (Å²) in [5, 5.41) is 7.54. The van der Waals surface area contributed by atoms with Gasteiger partial charge in [-0.2, -0.15) is 0 Å². The zero-order chi connectivity index (χ0) is 13.7. The Bertz CT molecular complexity index is 394. The maximum absolute atomic E-state index is 6.15. The SMILES string of the molecule is CCNc1nc(NC(C)CC(C)C)c(Cl)cc1Cl. The number of hydrogen-bond donors (Lipinski definition) is 2. The zero-order valence-electron chi connectivity index (χ0n) is 11.3. The zero-order valence-corrected chi connectivity index (χ0v) is 12.9. The van der Waals surface area contributed by atoms with E-state index >= 15 is 0 Å². The van der Waals surface area contributed by atoms with Crippen LogP contribution in [0.25, 0.3) is 0 Å². The Hall–Kier alpha value is -0.670. The second-order valence-electron chi connectivity index (χ2n) is 4.85. The van der Waals surface area contributed by atoms with Gasteiger partial charge >= 0.3 is 0 Å². The number of halogens is 2. The summed E-state index contributed by atoms with van der Waals surface area (Å²) in [6.07, 6.45) is 1.07. The van der Waals surface area contributed by atoms with Crippen molar-refractivity contribution < 1.29 is 0 Å². The van der Waals surface area contributed by atoms with Crippen LogP contribution >= 0.6 is 23.2 Å². The van der Waals surface area contributed by atoms with E-state index in [1.807, 2.05) is 6.92 Å². The summed E-state index contributed by atoms with van der Waals surface area (Å²) in [7, 11) is 0. The molecule has 0 saturated carbocycles. The van der Waals surface area contributed by atoms with Crippen molar-refractivity contribution in [2.75, 3.05) is 17.2 Å². The minimum absolute atomic E-state index is 0.325. The van der Waals surface area contributed by atoms with Gasteiger partial charge in [-0.05, 0) is 32.3 Å². The minimum atomic E-state index is 0.325. The molecule has 102 valence electrons. The van der Waals surface area contributed by atoms with Crippen LogP contribution in [0.15, 0.2) is 6.07 Å². The molecule has 18 heavy (non-hydrogen) atoms. The minimum Gasteiger partial charge on any atom is -0.369 e. The molecule has 3 nitrogen and oxygen atoms in total. The lowest BCUT2D eigenvalue weighted by molar-refractivity contribution is 0.539. The normalized spacial score (nSPS) is 12.6. The Morgan fingerprint density at radius 2 is 1.78 bits per heavy atom. The standard InChI is InChI=1S/C13H21Cl2N3/c1-5-16-12-10(14)7-11(15)13(18-12)17-9(4)6-8(2)3/h7-9H,5-6H2,1-4H3,(H2,16,17,18). The van der Waals surface area contributed by atoms with Gasteiger partial charge in [0.25, 0.3) is 0 Å². The highest BCUT2D eigenvalue weighted by Crippen LogP contribution is 2.29. The Balaban J connectivity index is 2.84. The summed E-state index contributed by atoms with van der Waals surface area (Å²) < 4.78 is 0. The molecule has 1 unspecified atom stereocenters. The topological polar surface area (TPSA) is 37.0 Å². The molecule has 0 aliphatic carbocycles. The molecule has 0 bridgehead atoms. The van der Waals surface area contributed by atoms with Crippen LogP contribution in [0.5, 0.6) is 0 Å². The molecule has 1 aromatic heterocycles. The molecule has 1 atom stereocenters. The molecule has 0 aliphatic rings. The van der Waals surface area contributed by atoms with Gasteiger partial charge in [0.05, 0.1) is 10.0 Å². The average molecular weight is 290 g/mol. The fourth-order valence-electron chi connectivity index (χ4n) is 1.86. The third-order valence-electron chi connectivity index (χ3n) is 2.48. The maximum Gasteiger partial charge on any atom is 0.147 e. The summed E-state index contributed by atoms with van der Waals surface area (Å²) in [5.41, 5.74) is 0. The van der Waals surface area contributed by atoms with Gasteiger partial charge in [-0.3, -0.25) is 0 Å². The fourth-order valence-corrected chi connectivity index (χ4v) is 2.34. The van der Waals surface area contributed by atoms with Gasteiger partial charge in [-0.15, -0.1) is 0 Å². The van der Waals surface area contributed by atoms with Crippen molar-refractivity contribution in [1.82, 2.24) is 4.98 Å². The Morgan fingerprint density at radius 3 is 2.33 bits per heavy atom. The van der Waals surface area contributed by atoms with Gasteiger partial charge in [-0.1, -0.05) is 37.0 Å². The summed E-state index contributed by atoms with van der Waals surface area (Å²) >= 11 is 12.2. The van der Waals surface area contributed by atoms with Crippen LogP contribution in [-0.2, 0) is 0 Å². The summed E-state index contributed by atoms with van der Waals surface area (Å²) in [5.74, 6) is 1.99. The predicted molar refractivity (Wildman–Crippen MR) is 81.0 cm³/mol. The van der Waals surface area contributed by atoms with E-state index in [2.05, 4.69) is 36.4 Å². The predicted octanol–water partition coefficient (Wildman–Crippen LogP) is 4.67. The number of nitrogens with one attached hydrogen (secondary N) is 2. The highest BCUT2D eigenvalue weighted by atomic mass is 35.5. The number of anilines is 2. The quantitative estimate of drug-likeness (QED) is 0.799. The number of aromatic nitrogens is 1. The molecule has 0 amide bonds. The second kappa shape index (κ2) is 7.05. The summed E-state index contributed by atoms with van der Waals surface area (Å²) in [6, 6.07) is 2.05. The summed E-state index contributed by atoms with van der Waals surface area (Å²) in [6.45, 7) is 9.29. The Kier molecular flexibility index (Phi) is 6.03. The van der Waals surface area contributed by atoms with Crippen molar-refractivity contribution >= 4 is 34.8 Å². The molecular formula is C13H21Cl2N3. The van der Waals surface area contributed by atoms with Gasteiger partial charge in [-0.25, -0.2) is 4.98 Å². The number of pyridine rings is 1. The molecule has 0 aromatic carbocycles. The molecule has 0 fully saturated rings. The lowest BCUT2D eigenvalue weighted by atomic mass is 10.1. The van der Waals surface area contributed by atoms with E-state index in [1.54, 1.807) is 6.07 Å². The van der Waals surface area contributed by atoms with Crippen molar-refractivity contribution in [3.63, 3.8) is 0 Å². The summed E-state index contributed by atoms with van der Waals surface area (Å²) in [4.78, 5) is 4.42. The van der Waals surface area contributed by atoms with E-state index < -0.39 is 0 Å². The van der Waals surface area contributed by atoms with Crippen LogP contribution in [0, 0.1) is 5.92 Å². The molecule has 0 saturated heterocycles. The van der Waals surface area contributed by atoms with Crippen LogP contribution in [0.2, 0.25) is 10.0 Å². The van der Waals surface area contributed by atoms with E-state index in [0.29, 0.717) is 33.6 Å². The molecule has 2 N–H and O–H groups in total. The Labute approximate surface area is 119 Å². The van der Waals surface area contributed by atoms with Crippen LogP contribution in [0.4, 0.5) is 11.6 Å². The Morgan fingerprint density at radius 1 is 1.17 bits per heavy atom. The van der Waals surface area contributed by atoms with Crippen molar-refractivity contribution in [1.29, 1.82) is 0 Å². The number of hydrogen-bond acceptors (Lipinski definition) is 3. The maximum atomic E-state index is 6.15. The van der Waals surface area contributed by atoms with E-state index in [-0.39, 0.29) is 0 Å². The fraction of sp³-hybridized carbons (Fsp3) is 0.615. The van der Waals surface area contributed by atoms with E-state index in [1.165, 1.54) is 0 Å². The molecular weight excluding hydrogens is 269 g/mol. The smallest absolute Gasteiger partial charge is 0.147 e. The monoisotopic (exact) mass is 289 g/mol. The average Bonchev–Trinajstić information content (AvgIpc) is 2.24. The lowest BCUT2D eigenvalue weighted by Crippen LogP contribution is -2.19. The number of rotatable bonds is 6. The lowest BCUT2D eigenvalue weighted by Gasteiger charge is -2.18. The molecule has 1 heterocycles. The van der Waals surface area contributed by atoms with Crippen molar-refractivity contribution in [3.8, 4) is 0 Å². The molecule has 0 aliphatic heterocycles. The van der Waals surface area contributed by atoms with Crippen molar-refractivity contribution in [3.05, 3.63) is 16.1 Å². The molecule has 5 heteroatoms. The van der Waals surface area contributed by atoms with Gasteiger partial charge in [0.1, 0.15) is 11.6 Å². The molecule has 0 radical (unpaired) electrons. The molecule has 1 aromatic rings. The third kappa shape index (κ3) is 4.54. The van der Waals surface area contributed by atoms with Crippen molar-refractivity contribution in [2.45, 2.75) is 40.2 Å². The van der Waals surface area contributed by atoms with E-state index in [9.17, 15) is 0 Å². The van der Waals surface area contributed by atoms with Gasteiger partial charge < -0.3 is 10.6 Å². The van der Waals surface area contributed by atoms with Gasteiger partial charge in [0.15, 0.2) is 0 Å². The van der Waals surface area contributed by atoms with Gasteiger partial charge in [0.2, 0.25) is 0 Å². The molecule has 0 spiro atoms. The first-order chi connectivity index (χ1) is 8.43. The van der Waals surface area contributed by atoms with Crippen LogP contribution in [-0.4, -0.2) is 17.6 Å². The van der Waals surface area contributed by atoms with Crippen LogP contribution in [0.3, 0.4) is 0 Å². The van der Waals surface area contributed by atoms with Gasteiger partial charge in [0, 0.05) is 12.6 Å².